The highest BCUT2D eigenvalue weighted by molar-refractivity contribution is 7.08. The number of thiophene rings is 1. The van der Waals surface area contributed by atoms with Crippen LogP contribution in [0.3, 0.4) is 0 Å². The summed E-state index contributed by atoms with van der Waals surface area (Å²) in [6, 6.07) is 7.16. The van der Waals surface area contributed by atoms with E-state index in [0.717, 1.165) is 30.5 Å². The number of benzene rings is 1. The SMILES string of the molecule is CF.OCCC[C@H]1Cc2cc(C(F)F)ccc2NC1c1ccsc1. The summed E-state index contributed by atoms with van der Waals surface area (Å²) in [7, 11) is 0.500. The number of fused-ring (bicyclic) bond motifs is 1. The van der Waals surface area contributed by atoms with E-state index >= 15 is 0 Å². The van der Waals surface area contributed by atoms with Gasteiger partial charge in [-0.05, 0) is 65.3 Å². The summed E-state index contributed by atoms with van der Waals surface area (Å²) in [5.74, 6) is 0.308. The highest BCUT2D eigenvalue weighted by Crippen LogP contribution is 2.40. The minimum absolute atomic E-state index is 0.0791. The summed E-state index contributed by atoms with van der Waals surface area (Å²) in [4.78, 5) is 0. The Morgan fingerprint density at radius 1 is 1.29 bits per heavy atom. The quantitative estimate of drug-likeness (QED) is 0.754. The van der Waals surface area contributed by atoms with Gasteiger partial charge in [0, 0.05) is 17.9 Å². The first-order valence-electron chi connectivity index (χ1n) is 7.87. The molecule has 1 unspecified atom stereocenters. The van der Waals surface area contributed by atoms with E-state index in [0.29, 0.717) is 13.1 Å². The van der Waals surface area contributed by atoms with Crippen LogP contribution in [0.15, 0.2) is 35.0 Å². The molecule has 2 atom stereocenters. The van der Waals surface area contributed by atoms with Crippen molar-refractivity contribution in [3.8, 4) is 0 Å². The van der Waals surface area contributed by atoms with Crippen LogP contribution in [0.5, 0.6) is 0 Å². The van der Waals surface area contributed by atoms with Gasteiger partial charge in [0.15, 0.2) is 0 Å². The van der Waals surface area contributed by atoms with E-state index in [1.165, 1.54) is 11.6 Å². The molecule has 1 aromatic heterocycles. The van der Waals surface area contributed by atoms with Crippen molar-refractivity contribution in [2.45, 2.75) is 31.7 Å². The molecule has 6 heteroatoms. The number of halogens is 3. The fourth-order valence-electron chi connectivity index (χ4n) is 3.17. The minimum atomic E-state index is -2.43. The maximum atomic E-state index is 12.9. The number of anilines is 1. The molecule has 2 nitrogen and oxygen atoms in total. The van der Waals surface area contributed by atoms with E-state index in [1.54, 1.807) is 23.5 Å². The Morgan fingerprint density at radius 2 is 2.08 bits per heavy atom. The smallest absolute Gasteiger partial charge is 0.263 e. The van der Waals surface area contributed by atoms with Gasteiger partial charge < -0.3 is 10.4 Å². The average Bonchev–Trinajstić information content (AvgIpc) is 3.14. The fourth-order valence-corrected chi connectivity index (χ4v) is 3.87. The molecule has 0 saturated heterocycles. The van der Waals surface area contributed by atoms with E-state index in [4.69, 9.17) is 5.11 Å². The predicted octanol–water partition coefficient (Wildman–Crippen LogP) is 5.37. The molecule has 0 radical (unpaired) electrons. The standard InChI is InChI=1S/C17H19F2NOS.CH3F/c18-17(19)12-3-4-15-14(9-12)8-11(2-1-6-21)16(20-15)13-5-7-22-10-13;1-2/h3-5,7,9-11,16-17,20-21H,1-2,6,8H2;1H3/t11-,16?;/m0./s1. The van der Waals surface area contributed by atoms with Gasteiger partial charge in [-0.15, -0.1) is 0 Å². The molecule has 0 saturated carbocycles. The third kappa shape index (κ3) is 4.30. The van der Waals surface area contributed by atoms with E-state index in [9.17, 15) is 13.2 Å². The van der Waals surface area contributed by atoms with Crippen LogP contribution >= 0.6 is 11.3 Å². The minimum Gasteiger partial charge on any atom is -0.396 e. The molecule has 3 rings (SSSR count). The van der Waals surface area contributed by atoms with Crippen molar-refractivity contribution in [1.29, 1.82) is 0 Å². The average molecular weight is 357 g/mol. The van der Waals surface area contributed by atoms with Crippen molar-refractivity contribution < 1.29 is 18.3 Å². The number of hydrogen-bond donors (Lipinski definition) is 2. The van der Waals surface area contributed by atoms with Crippen molar-refractivity contribution in [3.05, 3.63) is 51.7 Å². The largest absolute Gasteiger partial charge is 0.396 e. The van der Waals surface area contributed by atoms with E-state index in [-0.39, 0.29) is 18.2 Å². The van der Waals surface area contributed by atoms with Crippen LogP contribution in [-0.4, -0.2) is 18.9 Å². The fraction of sp³-hybridized carbons (Fsp3) is 0.444. The van der Waals surface area contributed by atoms with Gasteiger partial charge in [0.25, 0.3) is 6.43 Å². The van der Waals surface area contributed by atoms with Gasteiger partial charge in [0.05, 0.1) is 13.2 Å². The van der Waals surface area contributed by atoms with Crippen LogP contribution in [0, 0.1) is 5.92 Å². The number of rotatable bonds is 5. The molecule has 2 heterocycles. The van der Waals surface area contributed by atoms with E-state index < -0.39 is 6.43 Å². The molecule has 24 heavy (non-hydrogen) atoms. The third-order valence-corrected chi connectivity index (χ3v) is 4.98. The number of alkyl halides is 3. The zero-order valence-corrected chi connectivity index (χ0v) is 14.3. The topological polar surface area (TPSA) is 32.3 Å². The molecule has 0 amide bonds. The molecule has 0 spiro atoms. The van der Waals surface area contributed by atoms with Gasteiger partial charge in [-0.2, -0.15) is 11.3 Å². The van der Waals surface area contributed by atoms with Gasteiger partial charge in [-0.3, -0.25) is 4.39 Å². The Balaban J connectivity index is 0.00000100. The summed E-state index contributed by atoms with van der Waals surface area (Å²) < 4.78 is 35.3. The van der Waals surface area contributed by atoms with Gasteiger partial charge >= 0.3 is 0 Å². The summed E-state index contributed by atoms with van der Waals surface area (Å²) in [5, 5.41) is 16.8. The van der Waals surface area contributed by atoms with Gasteiger partial charge in [-0.25, -0.2) is 8.78 Å². The van der Waals surface area contributed by atoms with Crippen LogP contribution in [0.25, 0.3) is 0 Å². The van der Waals surface area contributed by atoms with Crippen LogP contribution in [-0.2, 0) is 6.42 Å². The summed E-state index contributed by atoms with van der Waals surface area (Å²) in [6.45, 7) is 0.163. The predicted molar refractivity (Wildman–Crippen MR) is 92.6 cm³/mol. The maximum absolute atomic E-state index is 12.9. The van der Waals surface area contributed by atoms with Crippen LogP contribution in [0.2, 0.25) is 0 Å². The lowest BCUT2D eigenvalue weighted by molar-refractivity contribution is 0.151. The zero-order chi connectivity index (χ0) is 17.5. The Bertz CT molecular complexity index is 619. The normalized spacial score (nSPS) is 19.2. The Morgan fingerprint density at radius 3 is 2.71 bits per heavy atom. The van der Waals surface area contributed by atoms with Crippen molar-refractivity contribution in [2.24, 2.45) is 5.92 Å². The lowest BCUT2D eigenvalue weighted by Gasteiger charge is -2.35. The molecule has 132 valence electrons. The molecular weight excluding hydrogens is 335 g/mol. The lowest BCUT2D eigenvalue weighted by Crippen LogP contribution is -2.28. The van der Waals surface area contributed by atoms with Crippen molar-refractivity contribution >= 4 is 17.0 Å². The molecule has 0 aliphatic carbocycles. The van der Waals surface area contributed by atoms with Gasteiger partial charge in [0.2, 0.25) is 0 Å². The first kappa shape index (κ1) is 18.8. The van der Waals surface area contributed by atoms with E-state index in [1.807, 2.05) is 0 Å². The Kier molecular flexibility index (Phi) is 7.12. The van der Waals surface area contributed by atoms with Crippen LogP contribution < -0.4 is 5.32 Å². The van der Waals surface area contributed by atoms with E-state index in [2.05, 4.69) is 22.1 Å². The summed E-state index contributed by atoms with van der Waals surface area (Å²) >= 11 is 1.66. The Labute approximate surface area is 144 Å². The number of nitrogens with one attached hydrogen (secondary N) is 1. The monoisotopic (exact) mass is 357 g/mol. The molecule has 0 fully saturated rings. The molecule has 2 N–H and O–H groups in total. The van der Waals surface area contributed by atoms with Crippen molar-refractivity contribution in [3.63, 3.8) is 0 Å². The first-order chi connectivity index (χ1) is 11.7. The molecule has 2 aromatic rings. The highest BCUT2D eigenvalue weighted by atomic mass is 32.1. The molecule has 1 aromatic carbocycles. The third-order valence-electron chi connectivity index (χ3n) is 4.28. The molecule has 0 bridgehead atoms. The summed E-state index contributed by atoms with van der Waals surface area (Å²) in [6.07, 6.45) is -0.0569. The van der Waals surface area contributed by atoms with Crippen LogP contribution in [0.4, 0.5) is 18.9 Å². The van der Waals surface area contributed by atoms with Gasteiger partial charge in [0.1, 0.15) is 0 Å². The second-order valence-electron chi connectivity index (χ2n) is 5.73. The number of aliphatic hydroxyl groups excluding tert-OH is 1. The van der Waals surface area contributed by atoms with Crippen LogP contribution in [0.1, 0.15) is 42.0 Å². The molecule has 1 aliphatic rings. The first-order valence-corrected chi connectivity index (χ1v) is 8.81. The molecule has 1 aliphatic heterocycles. The second-order valence-corrected chi connectivity index (χ2v) is 6.51. The van der Waals surface area contributed by atoms with Crippen molar-refractivity contribution in [2.75, 3.05) is 19.1 Å². The molecular formula is C18H22F3NOS. The number of hydrogen-bond acceptors (Lipinski definition) is 3. The summed E-state index contributed by atoms with van der Waals surface area (Å²) in [5.41, 5.74) is 3.21. The zero-order valence-electron chi connectivity index (χ0n) is 13.5. The maximum Gasteiger partial charge on any atom is 0.263 e. The van der Waals surface area contributed by atoms with Crippen molar-refractivity contribution in [1.82, 2.24) is 0 Å². The Hall–Kier alpha value is -1.53. The number of aliphatic hydroxyl groups is 1. The highest BCUT2D eigenvalue weighted by Gasteiger charge is 2.29. The second kappa shape index (κ2) is 9.08. The lowest BCUT2D eigenvalue weighted by atomic mass is 9.81. The van der Waals surface area contributed by atoms with Gasteiger partial charge in [-0.1, -0.05) is 6.07 Å².